The summed E-state index contributed by atoms with van der Waals surface area (Å²) < 4.78 is 0. The number of allylic oxidation sites excluding steroid dienone is 14. The highest BCUT2D eigenvalue weighted by molar-refractivity contribution is 5.80. The van der Waals surface area contributed by atoms with E-state index in [1.54, 1.807) is 0 Å². The summed E-state index contributed by atoms with van der Waals surface area (Å²) in [5, 5.41) is 9.35. The smallest absolute Gasteiger partial charge is 0.226 e. The van der Waals surface area contributed by atoms with Crippen LogP contribution in [-0.2, 0) is 0 Å². The molecule has 0 aliphatic heterocycles. The zero-order valence-electron chi connectivity index (χ0n) is 18.6. The Morgan fingerprint density at radius 3 is 2.48 bits per heavy atom. The van der Waals surface area contributed by atoms with E-state index in [1.807, 2.05) is 48.6 Å². The summed E-state index contributed by atoms with van der Waals surface area (Å²) in [4.78, 5) is 3.41. The van der Waals surface area contributed by atoms with E-state index in [2.05, 4.69) is 49.9 Å². The number of nitrogens with zero attached hydrogens (tertiary/aromatic N) is 2. The van der Waals surface area contributed by atoms with Gasteiger partial charge in [-0.25, -0.2) is 10.1 Å². The summed E-state index contributed by atoms with van der Waals surface area (Å²) in [6.07, 6.45) is 17.1. The van der Waals surface area contributed by atoms with Crippen molar-refractivity contribution >= 4 is 5.57 Å². The van der Waals surface area contributed by atoms with Crippen molar-refractivity contribution in [1.29, 1.82) is 5.26 Å². The van der Waals surface area contributed by atoms with Crippen molar-refractivity contribution in [2.45, 2.75) is 46.5 Å². The molecule has 2 heteroatoms. The Morgan fingerprint density at radius 1 is 1.06 bits per heavy atom. The van der Waals surface area contributed by atoms with Crippen molar-refractivity contribution in [3.8, 4) is 6.07 Å². The van der Waals surface area contributed by atoms with Gasteiger partial charge < -0.3 is 0 Å². The lowest BCUT2D eigenvalue weighted by atomic mass is 9.93. The van der Waals surface area contributed by atoms with Gasteiger partial charge in [-0.05, 0) is 85.5 Å². The number of hydrogen-bond donors (Lipinski definition) is 0. The van der Waals surface area contributed by atoms with Gasteiger partial charge in [0, 0.05) is 0 Å². The molecule has 0 aromatic heterocycles. The maximum absolute atomic E-state index is 9.35. The molecule has 0 fully saturated rings. The molecule has 2 aliphatic rings. The van der Waals surface area contributed by atoms with E-state index in [-0.39, 0.29) is 5.70 Å². The van der Waals surface area contributed by atoms with E-state index in [1.165, 1.54) is 33.4 Å². The molecular weight excluding hydrogens is 376 g/mol. The number of nitriles is 1. The van der Waals surface area contributed by atoms with Crippen LogP contribution < -0.4 is 0 Å². The summed E-state index contributed by atoms with van der Waals surface area (Å²) in [6, 6.07) is 11.6. The summed E-state index contributed by atoms with van der Waals surface area (Å²) in [5.74, 6) is 0. The zero-order valence-corrected chi connectivity index (χ0v) is 18.6. The first-order valence-corrected chi connectivity index (χ1v) is 10.7. The summed E-state index contributed by atoms with van der Waals surface area (Å²) in [7, 11) is 0. The normalized spacial score (nSPS) is 19.1. The van der Waals surface area contributed by atoms with Crippen molar-refractivity contribution < 1.29 is 0 Å². The molecule has 0 amide bonds. The maximum atomic E-state index is 9.35. The average Bonchev–Trinajstić information content (AvgIpc) is 3.05. The fourth-order valence-corrected chi connectivity index (χ4v) is 3.99. The van der Waals surface area contributed by atoms with Gasteiger partial charge in [0.1, 0.15) is 0 Å². The second-order valence-electron chi connectivity index (χ2n) is 8.09. The summed E-state index contributed by atoms with van der Waals surface area (Å²) in [6.45, 7) is 14.0. The van der Waals surface area contributed by atoms with Crippen LogP contribution in [0, 0.1) is 17.9 Å². The second-order valence-corrected chi connectivity index (χ2v) is 8.09. The molecule has 0 saturated heterocycles. The van der Waals surface area contributed by atoms with E-state index >= 15 is 0 Å². The zero-order chi connectivity index (χ0) is 22.2. The predicted molar refractivity (Wildman–Crippen MR) is 130 cm³/mol. The molecule has 154 valence electrons. The Kier molecular flexibility index (Phi) is 7.42. The Bertz CT molecular complexity index is 1130. The molecule has 0 N–H and O–H groups in total. The minimum Gasteiger partial charge on any atom is -0.226 e. The highest BCUT2D eigenvalue weighted by atomic mass is 14.7. The second kappa shape index (κ2) is 10.4. The van der Waals surface area contributed by atoms with Crippen LogP contribution in [0.3, 0.4) is 0 Å². The topological polar surface area (TPSA) is 28.1 Å². The lowest BCUT2D eigenvalue weighted by molar-refractivity contribution is 0.797. The minimum absolute atomic E-state index is 0.114. The molecule has 3 rings (SSSR count). The van der Waals surface area contributed by atoms with Crippen molar-refractivity contribution in [2.24, 2.45) is 0 Å². The monoisotopic (exact) mass is 404 g/mol. The fourth-order valence-electron chi connectivity index (χ4n) is 3.99. The Labute approximate surface area is 186 Å². The van der Waals surface area contributed by atoms with Crippen molar-refractivity contribution in [3.05, 3.63) is 123 Å². The van der Waals surface area contributed by atoms with Crippen LogP contribution in [0.1, 0.15) is 52.0 Å². The van der Waals surface area contributed by atoms with Gasteiger partial charge in [0.15, 0.2) is 0 Å². The Balaban J connectivity index is 1.80. The summed E-state index contributed by atoms with van der Waals surface area (Å²) >= 11 is 0. The quantitative estimate of drug-likeness (QED) is 0.277. The maximum Gasteiger partial charge on any atom is 0.269 e. The largest absolute Gasteiger partial charge is 0.269 e. The molecule has 2 aliphatic carbocycles. The van der Waals surface area contributed by atoms with Crippen LogP contribution in [-0.4, -0.2) is 0 Å². The first-order chi connectivity index (χ1) is 15.0. The highest BCUT2D eigenvalue weighted by Gasteiger charge is 2.13. The summed E-state index contributed by atoms with van der Waals surface area (Å²) in [5.41, 5.74) is 10.0. The van der Waals surface area contributed by atoms with Crippen LogP contribution in [0.5, 0.6) is 0 Å². The van der Waals surface area contributed by atoms with E-state index in [9.17, 15) is 5.26 Å². The van der Waals surface area contributed by atoms with E-state index in [0.29, 0.717) is 5.57 Å². The minimum atomic E-state index is 0.114. The van der Waals surface area contributed by atoms with Crippen molar-refractivity contribution in [1.82, 2.24) is 0 Å². The van der Waals surface area contributed by atoms with Gasteiger partial charge in [0.25, 0.3) is 5.70 Å². The van der Waals surface area contributed by atoms with Gasteiger partial charge in [-0.15, -0.1) is 0 Å². The van der Waals surface area contributed by atoms with Gasteiger partial charge in [-0.2, -0.15) is 0 Å². The molecule has 31 heavy (non-hydrogen) atoms. The SMILES string of the molecule is [C-]#[N+]\C(C#N)=C(/C=C\C=C1\C=C(C=CC2=C(C)C(C)=C(C)C2)CCC1)c1ccccc1. The third kappa shape index (κ3) is 5.50. The van der Waals surface area contributed by atoms with E-state index < -0.39 is 0 Å². The van der Waals surface area contributed by atoms with Crippen LogP contribution in [0.25, 0.3) is 10.4 Å². The highest BCUT2D eigenvalue weighted by Crippen LogP contribution is 2.33. The van der Waals surface area contributed by atoms with E-state index in [0.717, 1.165) is 31.2 Å². The number of rotatable bonds is 5. The van der Waals surface area contributed by atoms with Crippen LogP contribution in [0.4, 0.5) is 0 Å². The third-order valence-electron chi connectivity index (χ3n) is 6.07. The van der Waals surface area contributed by atoms with Gasteiger partial charge in [-0.3, -0.25) is 0 Å². The molecule has 0 radical (unpaired) electrons. The Hall–Kier alpha value is -3.62. The van der Waals surface area contributed by atoms with Crippen molar-refractivity contribution in [2.75, 3.05) is 0 Å². The molecule has 0 heterocycles. The molecule has 1 aromatic rings. The number of hydrogen-bond acceptors (Lipinski definition) is 1. The van der Waals surface area contributed by atoms with Gasteiger partial charge >= 0.3 is 0 Å². The molecule has 0 bridgehead atoms. The van der Waals surface area contributed by atoms with Gasteiger partial charge in [0.2, 0.25) is 0 Å². The molecule has 0 unspecified atom stereocenters. The number of benzene rings is 1. The van der Waals surface area contributed by atoms with E-state index in [4.69, 9.17) is 6.57 Å². The molecule has 2 nitrogen and oxygen atoms in total. The van der Waals surface area contributed by atoms with Gasteiger partial charge in [0.05, 0.1) is 12.6 Å². The lowest BCUT2D eigenvalue weighted by Crippen LogP contribution is -1.93. The molecule has 0 spiro atoms. The molecule has 0 saturated carbocycles. The van der Waals surface area contributed by atoms with Crippen LogP contribution in [0.15, 0.2) is 106 Å². The Morgan fingerprint density at radius 2 is 1.84 bits per heavy atom. The third-order valence-corrected chi connectivity index (χ3v) is 6.07. The van der Waals surface area contributed by atoms with Crippen molar-refractivity contribution in [3.63, 3.8) is 0 Å². The van der Waals surface area contributed by atoms with Crippen LogP contribution in [0.2, 0.25) is 0 Å². The first kappa shape index (κ1) is 22.1. The molecule has 1 aromatic carbocycles. The fraction of sp³-hybridized carbons (Fsp3) is 0.241. The first-order valence-electron chi connectivity index (χ1n) is 10.7. The molecule has 0 atom stereocenters. The average molecular weight is 405 g/mol. The lowest BCUT2D eigenvalue weighted by Gasteiger charge is -2.12. The van der Waals surface area contributed by atoms with Gasteiger partial charge in [-0.1, -0.05) is 72.4 Å². The molecular formula is C29H28N2. The van der Waals surface area contributed by atoms with Crippen LogP contribution >= 0.6 is 0 Å². The standard InChI is InChI=1S/C29H28N2/c1-21-18-27(23(3)22(21)2)17-16-25-11-8-10-24(19-25)12-9-15-28(29(20-30)31-4)26-13-6-5-7-14-26/h5-7,9,12-17,19H,8,10-11,18H2,1-3H3/b15-9-,17-16?,24-12+,29-28+. The predicted octanol–water partition coefficient (Wildman–Crippen LogP) is 8.05.